The molecule has 1 N–H and O–H groups in total. The molecule has 2 rings (SSSR count). The molecule has 0 radical (unpaired) electrons. The number of halogens is 3. The fraction of sp³-hybridized carbons (Fsp3) is 0.188. The highest BCUT2D eigenvalue weighted by molar-refractivity contribution is 6.43. The van der Waals surface area contributed by atoms with Gasteiger partial charge in [-0.15, -0.1) is 0 Å². The molecule has 1 atom stereocenters. The van der Waals surface area contributed by atoms with E-state index in [1.54, 1.807) is 31.2 Å². The summed E-state index contributed by atoms with van der Waals surface area (Å²) >= 11 is 17.7. The highest BCUT2D eigenvalue weighted by atomic mass is 35.5. The molecule has 1 unspecified atom stereocenters. The molecule has 0 aromatic heterocycles. The van der Waals surface area contributed by atoms with Gasteiger partial charge in [-0.25, -0.2) is 4.79 Å². The lowest BCUT2D eigenvalue weighted by Crippen LogP contribution is -2.28. The van der Waals surface area contributed by atoms with E-state index in [9.17, 15) is 4.79 Å². The second-order valence-electron chi connectivity index (χ2n) is 4.68. The van der Waals surface area contributed by atoms with Crippen molar-refractivity contribution in [2.75, 3.05) is 0 Å². The van der Waals surface area contributed by atoms with E-state index in [1.807, 2.05) is 0 Å². The van der Waals surface area contributed by atoms with Crippen molar-refractivity contribution in [1.82, 2.24) is 0 Å². The predicted molar refractivity (Wildman–Crippen MR) is 89.6 cm³/mol. The lowest BCUT2D eigenvalue weighted by atomic mass is 10.2. The van der Waals surface area contributed by atoms with Crippen LogP contribution in [-0.4, -0.2) is 17.2 Å². The molecule has 0 heterocycles. The first-order valence-corrected chi connectivity index (χ1v) is 7.76. The Hall–Kier alpha value is -1.46. The van der Waals surface area contributed by atoms with E-state index in [0.29, 0.717) is 5.75 Å². The Morgan fingerprint density at radius 3 is 2.30 bits per heavy atom. The number of esters is 1. The maximum absolute atomic E-state index is 12.1. The maximum Gasteiger partial charge on any atom is 0.352 e. The molecular formula is C16H13Cl3O4. The summed E-state index contributed by atoms with van der Waals surface area (Å²) in [7, 11) is 0. The first-order chi connectivity index (χ1) is 10.9. The van der Waals surface area contributed by atoms with Gasteiger partial charge in [-0.1, -0.05) is 46.9 Å². The van der Waals surface area contributed by atoms with E-state index < -0.39 is 12.1 Å². The smallest absolute Gasteiger partial charge is 0.352 e. The largest absolute Gasteiger partial charge is 0.479 e. The third-order valence-electron chi connectivity index (χ3n) is 2.94. The summed E-state index contributed by atoms with van der Waals surface area (Å²) in [6.45, 7) is 1.49. The van der Waals surface area contributed by atoms with Crippen molar-refractivity contribution in [3.05, 3.63) is 57.0 Å². The molecule has 7 heteroatoms. The van der Waals surface area contributed by atoms with Crippen LogP contribution >= 0.6 is 34.8 Å². The van der Waals surface area contributed by atoms with E-state index in [1.165, 1.54) is 12.1 Å². The number of carbonyl (C=O) groups is 1. The SMILES string of the molecule is CC(Oc1ccc(CO)cc1)C(=O)Oc1cc(Cl)c(Cl)cc1Cl. The average molecular weight is 376 g/mol. The molecule has 0 fully saturated rings. The summed E-state index contributed by atoms with van der Waals surface area (Å²) in [6, 6.07) is 9.47. The number of carbonyl (C=O) groups excluding carboxylic acids is 1. The summed E-state index contributed by atoms with van der Waals surface area (Å²) in [5, 5.41) is 9.65. The lowest BCUT2D eigenvalue weighted by molar-refractivity contribution is -0.141. The molecule has 0 saturated carbocycles. The van der Waals surface area contributed by atoms with Crippen LogP contribution in [0.4, 0.5) is 0 Å². The van der Waals surface area contributed by atoms with Crippen LogP contribution in [0.15, 0.2) is 36.4 Å². The number of aliphatic hydroxyl groups excluding tert-OH is 1. The quantitative estimate of drug-likeness (QED) is 0.474. The van der Waals surface area contributed by atoms with Crippen molar-refractivity contribution in [2.45, 2.75) is 19.6 Å². The van der Waals surface area contributed by atoms with E-state index in [0.717, 1.165) is 5.56 Å². The summed E-state index contributed by atoms with van der Waals surface area (Å²) in [5.41, 5.74) is 0.746. The van der Waals surface area contributed by atoms with Crippen molar-refractivity contribution in [2.24, 2.45) is 0 Å². The Bertz CT molecular complexity index is 701. The van der Waals surface area contributed by atoms with Crippen molar-refractivity contribution >= 4 is 40.8 Å². The van der Waals surface area contributed by atoms with Crippen molar-refractivity contribution in [1.29, 1.82) is 0 Å². The van der Waals surface area contributed by atoms with E-state index in [-0.39, 0.29) is 27.4 Å². The van der Waals surface area contributed by atoms with Crippen LogP contribution in [0.2, 0.25) is 15.1 Å². The van der Waals surface area contributed by atoms with Crippen molar-refractivity contribution < 1.29 is 19.4 Å². The van der Waals surface area contributed by atoms with Crippen LogP contribution in [0.3, 0.4) is 0 Å². The van der Waals surface area contributed by atoms with E-state index >= 15 is 0 Å². The van der Waals surface area contributed by atoms with Gasteiger partial charge < -0.3 is 14.6 Å². The van der Waals surface area contributed by atoms with Crippen LogP contribution in [0, 0.1) is 0 Å². The van der Waals surface area contributed by atoms with Crippen molar-refractivity contribution in [3.8, 4) is 11.5 Å². The second kappa shape index (κ2) is 7.88. The third kappa shape index (κ3) is 4.75. The van der Waals surface area contributed by atoms with Gasteiger partial charge >= 0.3 is 5.97 Å². The number of rotatable bonds is 5. The normalized spacial score (nSPS) is 11.9. The summed E-state index contributed by atoms with van der Waals surface area (Å²) < 4.78 is 10.7. The van der Waals surface area contributed by atoms with Crippen LogP contribution in [0.5, 0.6) is 11.5 Å². The number of benzene rings is 2. The van der Waals surface area contributed by atoms with Crippen LogP contribution in [0.1, 0.15) is 12.5 Å². The molecule has 122 valence electrons. The zero-order valence-electron chi connectivity index (χ0n) is 12.1. The van der Waals surface area contributed by atoms with Gasteiger partial charge in [0, 0.05) is 6.07 Å². The standard InChI is InChI=1S/C16H13Cl3O4/c1-9(22-11-4-2-10(8-20)3-5-11)16(21)23-15-7-13(18)12(17)6-14(15)19/h2-7,9,20H,8H2,1H3. The van der Waals surface area contributed by atoms with Crippen LogP contribution in [0.25, 0.3) is 0 Å². The first-order valence-electron chi connectivity index (χ1n) is 6.63. The van der Waals surface area contributed by atoms with Crippen molar-refractivity contribution in [3.63, 3.8) is 0 Å². The number of hydrogen-bond acceptors (Lipinski definition) is 4. The van der Waals surface area contributed by atoms with Crippen LogP contribution < -0.4 is 9.47 Å². The predicted octanol–water partition coefficient (Wildman–Crippen LogP) is 4.51. The lowest BCUT2D eigenvalue weighted by Gasteiger charge is -2.15. The minimum atomic E-state index is -0.861. The van der Waals surface area contributed by atoms with Gasteiger partial charge in [0.05, 0.1) is 21.7 Å². The maximum atomic E-state index is 12.1. The molecule has 0 amide bonds. The van der Waals surface area contributed by atoms with Gasteiger partial charge in [-0.3, -0.25) is 0 Å². The molecule has 0 bridgehead atoms. The van der Waals surface area contributed by atoms with E-state index in [2.05, 4.69) is 0 Å². The molecule has 0 aliphatic carbocycles. The fourth-order valence-electron chi connectivity index (χ4n) is 1.70. The Morgan fingerprint density at radius 1 is 1.09 bits per heavy atom. The highest BCUT2D eigenvalue weighted by Crippen LogP contribution is 2.34. The fourth-order valence-corrected chi connectivity index (χ4v) is 2.27. The Kier molecular flexibility index (Phi) is 6.13. The Morgan fingerprint density at radius 2 is 1.70 bits per heavy atom. The molecular weight excluding hydrogens is 363 g/mol. The highest BCUT2D eigenvalue weighted by Gasteiger charge is 2.19. The van der Waals surface area contributed by atoms with Crippen LogP contribution in [-0.2, 0) is 11.4 Å². The second-order valence-corrected chi connectivity index (χ2v) is 5.90. The number of ether oxygens (including phenoxy) is 2. The van der Waals surface area contributed by atoms with Gasteiger partial charge in [0.1, 0.15) is 5.75 Å². The van der Waals surface area contributed by atoms with Gasteiger partial charge in [-0.2, -0.15) is 0 Å². The van der Waals surface area contributed by atoms with Gasteiger partial charge in [0.15, 0.2) is 11.9 Å². The van der Waals surface area contributed by atoms with Gasteiger partial charge in [-0.05, 0) is 30.7 Å². The van der Waals surface area contributed by atoms with Gasteiger partial charge in [0.2, 0.25) is 0 Å². The zero-order valence-corrected chi connectivity index (χ0v) is 14.3. The minimum absolute atomic E-state index is 0.0618. The Balaban J connectivity index is 2.03. The van der Waals surface area contributed by atoms with E-state index in [4.69, 9.17) is 49.4 Å². The van der Waals surface area contributed by atoms with Gasteiger partial charge in [0.25, 0.3) is 0 Å². The monoisotopic (exact) mass is 374 g/mol. The Labute approximate surface area is 148 Å². The molecule has 2 aromatic carbocycles. The summed E-state index contributed by atoms with van der Waals surface area (Å²) in [5.74, 6) is -0.0412. The molecule has 0 aliphatic rings. The molecule has 4 nitrogen and oxygen atoms in total. The zero-order chi connectivity index (χ0) is 17.0. The number of aliphatic hydroxyl groups is 1. The minimum Gasteiger partial charge on any atom is -0.479 e. The average Bonchev–Trinajstić information content (AvgIpc) is 2.53. The summed E-state index contributed by atoms with van der Waals surface area (Å²) in [6.07, 6.45) is -0.861. The molecule has 23 heavy (non-hydrogen) atoms. The third-order valence-corrected chi connectivity index (χ3v) is 3.95. The molecule has 2 aromatic rings. The summed E-state index contributed by atoms with van der Waals surface area (Å²) in [4.78, 5) is 12.1. The molecule has 0 spiro atoms. The molecule has 0 saturated heterocycles. The molecule has 0 aliphatic heterocycles. The topological polar surface area (TPSA) is 55.8 Å². The number of hydrogen-bond donors (Lipinski definition) is 1. The first kappa shape index (κ1) is 17.9.